The van der Waals surface area contributed by atoms with E-state index in [1.165, 1.54) is 0 Å². The molecular formula is C14H20N2O2. The molecule has 1 unspecified atom stereocenters. The molecule has 0 aromatic carbocycles. The number of carbonyl (C=O) groups excluding carboxylic acids is 1. The van der Waals surface area contributed by atoms with Gasteiger partial charge in [0, 0.05) is 12.2 Å². The largest absolute Gasteiger partial charge is 0.377 e. The average Bonchev–Trinajstić information content (AvgIpc) is 2.38. The molecule has 1 fully saturated rings. The summed E-state index contributed by atoms with van der Waals surface area (Å²) in [5, 5.41) is 0. The fourth-order valence-electron chi connectivity index (χ4n) is 2.07. The SMILES string of the molecule is CC(C)c1cccc(C(=O)N2CCOCC2C)n1. The van der Waals surface area contributed by atoms with Gasteiger partial charge in [-0.2, -0.15) is 0 Å². The number of hydrogen-bond donors (Lipinski definition) is 0. The number of morpholine rings is 1. The lowest BCUT2D eigenvalue weighted by molar-refractivity contribution is 0.00326. The summed E-state index contributed by atoms with van der Waals surface area (Å²) < 4.78 is 5.35. The van der Waals surface area contributed by atoms with Crippen LogP contribution in [0.1, 0.15) is 42.9 Å². The van der Waals surface area contributed by atoms with Crippen LogP contribution in [-0.4, -0.2) is 41.6 Å². The molecule has 0 bridgehead atoms. The van der Waals surface area contributed by atoms with Crippen molar-refractivity contribution < 1.29 is 9.53 Å². The van der Waals surface area contributed by atoms with Crippen LogP contribution in [0, 0.1) is 0 Å². The van der Waals surface area contributed by atoms with Gasteiger partial charge in [-0.05, 0) is 25.0 Å². The minimum atomic E-state index is 0.00769. The number of hydrogen-bond acceptors (Lipinski definition) is 3. The Morgan fingerprint density at radius 2 is 2.28 bits per heavy atom. The average molecular weight is 248 g/mol. The highest BCUT2D eigenvalue weighted by atomic mass is 16.5. The third-order valence-electron chi connectivity index (χ3n) is 3.21. The summed E-state index contributed by atoms with van der Waals surface area (Å²) in [6.07, 6.45) is 0. The van der Waals surface area contributed by atoms with E-state index in [4.69, 9.17) is 4.74 Å². The molecule has 0 radical (unpaired) electrons. The Morgan fingerprint density at radius 1 is 1.50 bits per heavy atom. The van der Waals surface area contributed by atoms with Gasteiger partial charge in [-0.3, -0.25) is 4.79 Å². The number of amides is 1. The monoisotopic (exact) mass is 248 g/mol. The van der Waals surface area contributed by atoms with Crippen LogP contribution in [0.5, 0.6) is 0 Å². The number of carbonyl (C=O) groups is 1. The van der Waals surface area contributed by atoms with Crippen LogP contribution < -0.4 is 0 Å². The number of pyridine rings is 1. The van der Waals surface area contributed by atoms with Crippen LogP contribution >= 0.6 is 0 Å². The summed E-state index contributed by atoms with van der Waals surface area (Å²) >= 11 is 0. The van der Waals surface area contributed by atoms with Gasteiger partial charge in [0.05, 0.1) is 19.3 Å². The molecule has 98 valence electrons. The Bertz CT molecular complexity index is 432. The molecule has 0 spiro atoms. The zero-order valence-corrected chi connectivity index (χ0v) is 11.2. The molecule has 1 aromatic rings. The molecule has 1 aromatic heterocycles. The van der Waals surface area contributed by atoms with E-state index in [-0.39, 0.29) is 11.9 Å². The number of aromatic nitrogens is 1. The first kappa shape index (κ1) is 13.0. The molecule has 1 saturated heterocycles. The Balaban J connectivity index is 2.19. The van der Waals surface area contributed by atoms with Crippen molar-refractivity contribution in [1.29, 1.82) is 0 Å². The van der Waals surface area contributed by atoms with Crippen LogP contribution in [-0.2, 0) is 4.74 Å². The van der Waals surface area contributed by atoms with Crippen molar-refractivity contribution in [3.05, 3.63) is 29.6 Å². The number of ether oxygens (including phenoxy) is 1. The lowest BCUT2D eigenvalue weighted by Gasteiger charge is -2.33. The second-order valence-electron chi connectivity index (χ2n) is 5.02. The molecule has 4 nitrogen and oxygen atoms in total. The van der Waals surface area contributed by atoms with E-state index in [2.05, 4.69) is 18.8 Å². The van der Waals surface area contributed by atoms with Gasteiger partial charge in [0.2, 0.25) is 0 Å². The molecule has 1 aliphatic rings. The van der Waals surface area contributed by atoms with Gasteiger partial charge < -0.3 is 9.64 Å². The van der Waals surface area contributed by atoms with E-state index in [1.54, 1.807) is 6.07 Å². The van der Waals surface area contributed by atoms with Crippen LogP contribution in [0.2, 0.25) is 0 Å². The molecule has 0 N–H and O–H groups in total. The second kappa shape index (κ2) is 5.48. The topological polar surface area (TPSA) is 42.4 Å². The summed E-state index contributed by atoms with van der Waals surface area (Å²) in [5.74, 6) is 0.341. The van der Waals surface area contributed by atoms with E-state index < -0.39 is 0 Å². The molecule has 0 saturated carbocycles. The molecule has 4 heteroatoms. The van der Waals surface area contributed by atoms with E-state index in [1.807, 2.05) is 24.0 Å². The first-order valence-electron chi connectivity index (χ1n) is 6.45. The molecule has 2 heterocycles. The Hall–Kier alpha value is -1.42. The van der Waals surface area contributed by atoms with Gasteiger partial charge in [-0.15, -0.1) is 0 Å². The van der Waals surface area contributed by atoms with Crippen molar-refractivity contribution in [3.63, 3.8) is 0 Å². The molecular weight excluding hydrogens is 228 g/mol. The van der Waals surface area contributed by atoms with Gasteiger partial charge in [-0.1, -0.05) is 19.9 Å². The number of rotatable bonds is 2. The van der Waals surface area contributed by atoms with Crippen molar-refractivity contribution in [2.45, 2.75) is 32.7 Å². The second-order valence-corrected chi connectivity index (χ2v) is 5.02. The van der Waals surface area contributed by atoms with Crippen molar-refractivity contribution >= 4 is 5.91 Å². The van der Waals surface area contributed by atoms with Crippen LogP contribution in [0.3, 0.4) is 0 Å². The Labute approximate surface area is 108 Å². The normalized spacial score (nSPS) is 20.2. The summed E-state index contributed by atoms with van der Waals surface area (Å²) in [6.45, 7) is 8.02. The van der Waals surface area contributed by atoms with Gasteiger partial charge in [0.1, 0.15) is 5.69 Å². The maximum atomic E-state index is 12.4. The predicted molar refractivity (Wildman–Crippen MR) is 69.6 cm³/mol. The van der Waals surface area contributed by atoms with Crippen LogP contribution in [0.25, 0.3) is 0 Å². The summed E-state index contributed by atoms with van der Waals surface area (Å²) in [5.41, 5.74) is 1.50. The fourth-order valence-corrected chi connectivity index (χ4v) is 2.07. The minimum absolute atomic E-state index is 0.00769. The third-order valence-corrected chi connectivity index (χ3v) is 3.21. The highest BCUT2D eigenvalue weighted by Crippen LogP contribution is 2.15. The fraction of sp³-hybridized carbons (Fsp3) is 0.571. The van der Waals surface area contributed by atoms with Gasteiger partial charge >= 0.3 is 0 Å². The van der Waals surface area contributed by atoms with Crippen LogP contribution in [0.4, 0.5) is 0 Å². The third kappa shape index (κ3) is 2.70. The quantitative estimate of drug-likeness (QED) is 0.804. The van der Waals surface area contributed by atoms with E-state index >= 15 is 0 Å². The molecule has 1 aliphatic heterocycles. The van der Waals surface area contributed by atoms with Gasteiger partial charge in [0.25, 0.3) is 5.91 Å². The van der Waals surface area contributed by atoms with Crippen molar-refractivity contribution in [2.24, 2.45) is 0 Å². The molecule has 1 atom stereocenters. The standard InChI is InChI=1S/C14H20N2O2/c1-10(2)12-5-4-6-13(15-12)14(17)16-7-8-18-9-11(16)3/h4-6,10-11H,7-9H2,1-3H3. The molecule has 0 aliphatic carbocycles. The Kier molecular flexibility index (Phi) is 3.97. The molecule has 18 heavy (non-hydrogen) atoms. The lowest BCUT2D eigenvalue weighted by atomic mass is 10.1. The summed E-state index contributed by atoms with van der Waals surface area (Å²) in [6, 6.07) is 5.78. The Morgan fingerprint density at radius 3 is 2.94 bits per heavy atom. The van der Waals surface area contributed by atoms with E-state index in [9.17, 15) is 4.79 Å². The van der Waals surface area contributed by atoms with Gasteiger partial charge in [0.15, 0.2) is 0 Å². The lowest BCUT2D eigenvalue weighted by Crippen LogP contribution is -2.47. The van der Waals surface area contributed by atoms with E-state index in [0.717, 1.165) is 5.69 Å². The maximum absolute atomic E-state index is 12.4. The predicted octanol–water partition coefficient (Wildman–Crippen LogP) is 2.07. The van der Waals surface area contributed by atoms with Crippen molar-refractivity contribution in [3.8, 4) is 0 Å². The summed E-state index contributed by atoms with van der Waals surface area (Å²) in [4.78, 5) is 18.7. The zero-order chi connectivity index (χ0) is 13.1. The first-order valence-corrected chi connectivity index (χ1v) is 6.45. The van der Waals surface area contributed by atoms with Crippen molar-refractivity contribution in [1.82, 2.24) is 9.88 Å². The highest BCUT2D eigenvalue weighted by molar-refractivity contribution is 5.92. The molecule has 1 amide bonds. The van der Waals surface area contributed by atoms with Crippen molar-refractivity contribution in [2.75, 3.05) is 19.8 Å². The van der Waals surface area contributed by atoms with Crippen LogP contribution in [0.15, 0.2) is 18.2 Å². The number of nitrogens with zero attached hydrogens (tertiary/aromatic N) is 2. The molecule has 2 rings (SSSR count). The van der Waals surface area contributed by atoms with E-state index in [0.29, 0.717) is 31.4 Å². The maximum Gasteiger partial charge on any atom is 0.272 e. The minimum Gasteiger partial charge on any atom is -0.377 e. The highest BCUT2D eigenvalue weighted by Gasteiger charge is 2.25. The summed E-state index contributed by atoms with van der Waals surface area (Å²) in [7, 11) is 0. The van der Waals surface area contributed by atoms with Gasteiger partial charge in [-0.25, -0.2) is 4.98 Å². The first-order chi connectivity index (χ1) is 8.59. The zero-order valence-electron chi connectivity index (χ0n) is 11.2. The smallest absolute Gasteiger partial charge is 0.272 e.